The molecule has 1 aromatic carbocycles. The molecule has 0 aromatic heterocycles. The van der Waals surface area contributed by atoms with Gasteiger partial charge in [0.1, 0.15) is 6.54 Å². The number of carboxylic acid groups (broad SMARTS) is 1. The Kier molecular flexibility index (Phi) is 3.33. The Balaban J connectivity index is 2.46. The lowest BCUT2D eigenvalue weighted by Gasteiger charge is -2.36. The quantitative estimate of drug-likeness (QED) is 0.877. The van der Waals surface area contributed by atoms with Crippen LogP contribution in [-0.4, -0.2) is 29.4 Å². The highest BCUT2D eigenvalue weighted by atomic mass is 32.2. The van der Waals surface area contributed by atoms with Crippen molar-refractivity contribution in [3.05, 3.63) is 23.3 Å². The first-order valence-corrected chi connectivity index (χ1v) is 6.70. The van der Waals surface area contributed by atoms with E-state index in [2.05, 4.69) is 32.9 Å². The minimum Gasteiger partial charge on any atom is -0.480 e. The van der Waals surface area contributed by atoms with Crippen molar-refractivity contribution in [3.63, 3.8) is 0 Å². The van der Waals surface area contributed by atoms with E-state index >= 15 is 0 Å². The van der Waals surface area contributed by atoms with E-state index in [1.807, 2.05) is 16.7 Å². The van der Waals surface area contributed by atoms with E-state index in [1.54, 1.807) is 0 Å². The molecule has 0 spiro atoms. The highest BCUT2D eigenvalue weighted by Crippen LogP contribution is 2.40. The van der Waals surface area contributed by atoms with Gasteiger partial charge in [-0.15, -0.1) is 11.8 Å². The summed E-state index contributed by atoms with van der Waals surface area (Å²) in [5.41, 5.74) is 3.51. The van der Waals surface area contributed by atoms with Crippen LogP contribution in [0.25, 0.3) is 0 Å². The topological polar surface area (TPSA) is 40.5 Å². The van der Waals surface area contributed by atoms with Crippen LogP contribution in [0.1, 0.15) is 18.1 Å². The lowest BCUT2D eigenvalue weighted by Crippen LogP contribution is -2.41. The van der Waals surface area contributed by atoms with Crippen LogP contribution in [0.5, 0.6) is 0 Å². The van der Waals surface area contributed by atoms with Crippen molar-refractivity contribution in [2.45, 2.75) is 31.7 Å². The van der Waals surface area contributed by atoms with Gasteiger partial charge in [0.25, 0.3) is 0 Å². The van der Waals surface area contributed by atoms with Crippen molar-refractivity contribution >= 4 is 23.4 Å². The van der Waals surface area contributed by atoms with Crippen LogP contribution in [-0.2, 0) is 4.79 Å². The van der Waals surface area contributed by atoms with Crippen molar-refractivity contribution in [3.8, 4) is 0 Å². The maximum Gasteiger partial charge on any atom is 0.323 e. The van der Waals surface area contributed by atoms with Gasteiger partial charge in [-0.1, -0.05) is 6.07 Å². The zero-order chi connectivity index (χ0) is 12.6. The Morgan fingerprint density at radius 1 is 1.53 bits per heavy atom. The highest BCUT2D eigenvalue weighted by Gasteiger charge is 2.26. The summed E-state index contributed by atoms with van der Waals surface area (Å²) in [4.78, 5) is 14.2. The first-order chi connectivity index (χ1) is 7.99. The minimum atomic E-state index is -0.770. The molecule has 0 amide bonds. The third-order valence-electron chi connectivity index (χ3n) is 3.02. The number of hydrogen-bond acceptors (Lipinski definition) is 3. The highest BCUT2D eigenvalue weighted by molar-refractivity contribution is 7.99. The smallest absolute Gasteiger partial charge is 0.323 e. The van der Waals surface area contributed by atoms with Gasteiger partial charge >= 0.3 is 5.97 Å². The molecular formula is C13H17NO2S. The number of thioether (sulfide) groups is 1. The second-order valence-electron chi connectivity index (χ2n) is 4.61. The van der Waals surface area contributed by atoms with Gasteiger partial charge in [-0.05, 0) is 38.0 Å². The van der Waals surface area contributed by atoms with E-state index in [0.717, 1.165) is 11.4 Å². The molecule has 1 aliphatic heterocycles. The molecule has 0 fully saturated rings. The fraction of sp³-hybridized carbons (Fsp3) is 0.462. The molecule has 1 atom stereocenters. The number of benzene rings is 1. The largest absolute Gasteiger partial charge is 0.480 e. The molecule has 3 nitrogen and oxygen atoms in total. The predicted molar refractivity (Wildman–Crippen MR) is 71.1 cm³/mol. The fourth-order valence-corrected chi connectivity index (χ4v) is 3.45. The van der Waals surface area contributed by atoms with Crippen molar-refractivity contribution < 1.29 is 9.90 Å². The summed E-state index contributed by atoms with van der Waals surface area (Å²) in [5.74, 6) is 0.179. The molecule has 17 heavy (non-hydrogen) atoms. The van der Waals surface area contributed by atoms with Crippen LogP contribution in [0, 0.1) is 13.8 Å². The first kappa shape index (κ1) is 12.3. The molecule has 2 rings (SSSR count). The molecule has 0 bridgehead atoms. The number of rotatable bonds is 2. The average molecular weight is 251 g/mol. The van der Waals surface area contributed by atoms with E-state index in [0.29, 0.717) is 0 Å². The van der Waals surface area contributed by atoms with Crippen molar-refractivity contribution in [2.24, 2.45) is 0 Å². The molecule has 0 aliphatic carbocycles. The van der Waals surface area contributed by atoms with Gasteiger partial charge in [-0.3, -0.25) is 4.79 Å². The lowest BCUT2D eigenvalue weighted by molar-refractivity contribution is -0.135. The van der Waals surface area contributed by atoms with Crippen molar-refractivity contribution in [2.75, 3.05) is 17.2 Å². The van der Waals surface area contributed by atoms with E-state index in [-0.39, 0.29) is 12.6 Å². The normalized spacial score (nSPS) is 19.0. The summed E-state index contributed by atoms with van der Waals surface area (Å²) < 4.78 is 0. The van der Waals surface area contributed by atoms with E-state index in [4.69, 9.17) is 5.11 Å². The zero-order valence-electron chi connectivity index (χ0n) is 10.4. The number of aryl methyl sites for hydroxylation is 2. The second-order valence-corrected chi connectivity index (χ2v) is 5.64. The summed E-state index contributed by atoms with van der Waals surface area (Å²) >= 11 is 1.83. The summed E-state index contributed by atoms with van der Waals surface area (Å²) in [7, 11) is 0. The third kappa shape index (κ3) is 2.41. The molecule has 92 valence electrons. The number of carboxylic acids is 1. The van der Waals surface area contributed by atoms with Gasteiger partial charge in [-0.25, -0.2) is 0 Å². The second kappa shape index (κ2) is 4.61. The van der Waals surface area contributed by atoms with Crippen LogP contribution in [0.2, 0.25) is 0 Å². The zero-order valence-corrected chi connectivity index (χ0v) is 11.2. The molecule has 1 heterocycles. The summed E-state index contributed by atoms with van der Waals surface area (Å²) in [6, 6.07) is 4.51. The molecule has 1 aromatic rings. The Labute approximate surface area is 106 Å². The Hall–Kier alpha value is -1.16. The van der Waals surface area contributed by atoms with Crippen LogP contribution >= 0.6 is 11.8 Å². The number of fused-ring (bicyclic) bond motifs is 1. The van der Waals surface area contributed by atoms with Gasteiger partial charge in [0.05, 0.1) is 5.69 Å². The van der Waals surface area contributed by atoms with E-state index in [9.17, 15) is 4.79 Å². The van der Waals surface area contributed by atoms with Gasteiger partial charge in [0.2, 0.25) is 0 Å². The molecule has 0 saturated heterocycles. The molecule has 1 N–H and O–H groups in total. The molecule has 1 aliphatic rings. The van der Waals surface area contributed by atoms with Gasteiger partial charge < -0.3 is 10.0 Å². The van der Waals surface area contributed by atoms with E-state index < -0.39 is 5.97 Å². The standard InChI is InChI=1S/C13H17NO2S/c1-8-4-9(2)13-11(5-8)14(6-12(15)16)10(3)7-17-13/h4-5,10H,6-7H2,1-3H3,(H,15,16). The molecule has 0 saturated carbocycles. The Bertz CT molecular complexity index is 459. The maximum absolute atomic E-state index is 10.9. The number of carbonyl (C=O) groups is 1. The molecule has 0 radical (unpaired) electrons. The molecule has 4 heteroatoms. The van der Waals surface area contributed by atoms with Crippen LogP contribution in [0.3, 0.4) is 0 Å². The van der Waals surface area contributed by atoms with Crippen LogP contribution in [0.4, 0.5) is 5.69 Å². The number of hydrogen-bond donors (Lipinski definition) is 1. The first-order valence-electron chi connectivity index (χ1n) is 5.71. The minimum absolute atomic E-state index is 0.0810. The number of nitrogens with zero attached hydrogens (tertiary/aromatic N) is 1. The SMILES string of the molecule is Cc1cc(C)c2c(c1)N(CC(=O)O)C(C)CS2. The third-order valence-corrected chi connectivity index (χ3v) is 4.48. The fourth-order valence-electron chi connectivity index (χ4n) is 2.25. The number of aliphatic carboxylic acids is 1. The average Bonchev–Trinajstić information content (AvgIpc) is 2.21. The predicted octanol–water partition coefficient (Wildman–Crippen LogP) is 2.69. The van der Waals surface area contributed by atoms with Crippen LogP contribution < -0.4 is 4.90 Å². The summed E-state index contributed by atoms with van der Waals surface area (Å²) in [5, 5.41) is 9.00. The van der Waals surface area contributed by atoms with Gasteiger partial charge in [0, 0.05) is 16.7 Å². The Morgan fingerprint density at radius 2 is 2.24 bits per heavy atom. The summed E-state index contributed by atoms with van der Waals surface area (Å²) in [6.45, 7) is 6.30. The Morgan fingerprint density at radius 3 is 2.88 bits per heavy atom. The number of anilines is 1. The van der Waals surface area contributed by atoms with Crippen molar-refractivity contribution in [1.82, 2.24) is 0 Å². The van der Waals surface area contributed by atoms with Crippen LogP contribution in [0.15, 0.2) is 17.0 Å². The van der Waals surface area contributed by atoms with E-state index in [1.165, 1.54) is 16.0 Å². The molecular weight excluding hydrogens is 234 g/mol. The monoisotopic (exact) mass is 251 g/mol. The van der Waals surface area contributed by atoms with Gasteiger partial charge in [0.15, 0.2) is 0 Å². The summed E-state index contributed by atoms with van der Waals surface area (Å²) in [6.07, 6.45) is 0. The molecule has 1 unspecified atom stereocenters. The van der Waals surface area contributed by atoms with Gasteiger partial charge in [-0.2, -0.15) is 0 Å². The lowest BCUT2D eigenvalue weighted by atomic mass is 10.1. The maximum atomic E-state index is 10.9. The van der Waals surface area contributed by atoms with Crippen molar-refractivity contribution in [1.29, 1.82) is 0 Å².